The van der Waals surface area contributed by atoms with E-state index >= 15 is 0 Å². The number of pyridine rings is 1. The van der Waals surface area contributed by atoms with Crippen molar-refractivity contribution >= 4 is 34.0 Å². The fourth-order valence-corrected chi connectivity index (χ4v) is 3.84. The summed E-state index contributed by atoms with van der Waals surface area (Å²) in [6.07, 6.45) is 2.38. The molecule has 2 heterocycles. The minimum Gasteiger partial charge on any atom is -0.481 e. The van der Waals surface area contributed by atoms with E-state index in [0.717, 1.165) is 30.7 Å². The SMILES string of the molecule is CC1CCCN(c2ccc3cccc(OCC(=O)Nc4cccc([N+](=O)[O-])c4)c3n2)C1. The van der Waals surface area contributed by atoms with Crippen molar-refractivity contribution in [2.45, 2.75) is 19.8 Å². The number of ether oxygens (including phenoxy) is 1. The number of aromatic nitrogens is 1. The van der Waals surface area contributed by atoms with Gasteiger partial charge in [0.15, 0.2) is 6.61 Å². The number of nitrogens with zero attached hydrogens (tertiary/aromatic N) is 3. The second-order valence-electron chi connectivity index (χ2n) is 7.84. The highest BCUT2D eigenvalue weighted by Gasteiger charge is 2.18. The molecular weight excluding hydrogens is 396 g/mol. The minimum atomic E-state index is -0.505. The predicted octanol–water partition coefficient (Wildman–Crippen LogP) is 4.40. The number of carbonyl (C=O) groups excluding carboxylic acids is 1. The molecule has 1 amide bonds. The van der Waals surface area contributed by atoms with Gasteiger partial charge >= 0.3 is 0 Å². The number of piperidine rings is 1. The van der Waals surface area contributed by atoms with E-state index in [1.165, 1.54) is 24.6 Å². The number of nitrogens with one attached hydrogen (secondary N) is 1. The third-order valence-corrected chi connectivity index (χ3v) is 5.35. The van der Waals surface area contributed by atoms with Crippen LogP contribution in [0.4, 0.5) is 17.2 Å². The third kappa shape index (κ3) is 4.91. The lowest BCUT2D eigenvalue weighted by atomic mass is 10.0. The first-order valence-electron chi connectivity index (χ1n) is 10.3. The molecule has 1 unspecified atom stereocenters. The summed E-state index contributed by atoms with van der Waals surface area (Å²) in [5, 5.41) is 14.5. The van der Waals surface area contributed by atoms with Crippen molar-refractivity contribution in [3.05, 3.63) is 64.7 Å². The molecule has 1 fully saturated rings. The summed E-state index contributed by atoms with van der Waals surface area (Å²) in [5.41, 5.74) is 0.971. The van der Waals surface area contributed by atoms with Crippen molar-refractivity contribution in [1.29, 1.82) is 0 Å². The van der Waals surface area contributed by atoms with Crippen molar-refractivity contribution in [2.24, 2.45) is 5.92 Å². The number of nitro groups is 1. The van der Waals surface area contributed by atoms with Crippen LogP contribution >= 0.6 is 0 Å². The Labute approximate surface area is 180 Å². The Morgan fingerprint density at radius 3 is 2.90 bits per heavy atom. The second kappa shape index (κ2) is 8.99. The Morgan fingerprint density at radius 2 is 2.10 bits per heavy atom. The number of hydrogen-bond donors (Lipinski definition) is 1. The highest BCUT2D eigenvalue weighted by molar-refractivity contribution is 5.93. The molecule has 0 radical (unpaired) electrons. The van der Waals surface area contributed by atoms with Gasteiger partial charge in [-0.1, -0.05) is 25.1 Å². The summed E-state index contributed by atoms with van der Waals surface area (Å²) < 4.78 is 5.77. The second-order valence-corrected chi connectivity index (χ2v) is 7.84. The molecule has 8 nitrogen and oxygen atoms in total. The van der Waals surface area contributed by atoms with E-state index < -0.39 is 10.8 Å². The first-order chi connectivity index (χ1) is 15.0. The topological polar surface area (TPSA) is 97.6 Å². The molecule has 1 N–H and O–H groups in total. The number of fused-ring (bicyclic) bond motifs is 1. The zero-order valence-corrected chi connectivity index (χ0v) is 17.3. The van der Waals surface area contributed by atoms with E-state index in [1.54, 1.807) is 12.1 Å². The van der Waals surface area contributed by atoms with E-state index in [0.29, 0.717) is 22.9 Å². The number of rotatable bonds is 6. The van der Waals surface area contributed by atoms with Gasteiger partial charge in [-0.05, 0) is 43.0 Å². The number of anilines is 2. The average molecular weight is 420 g/mol. The van der Waals surface area contributed by atoms with Crippen molar-refractivity contribution in [3.8, 4) is 5.75 Å². The van der Waals surface area contributed by atoms with Crippen LogP contribution in [0.2, 0.25) is 0 Å². The maximum absolute atomic E-state index is 12.3. The lowest BCUT2D eigenvalue weighted by Crippen LogP contribution is -2.34. The van der Waals surface area contributed by atoms with Crippen LogP contribution in [0.1, 0.15) is 19.8 Å². The number of nitro benzene ring substituents is 1. The fraction of sp³-hybridized carbons (Fsp3) is 0.304. The number of non-ortho nitro benzene ring substituents is 1. The van der Waals surface area contributed by atoms with Crippen molar-refractivity contribution < 1.29 is 14.5 Å². The molecule has 8 heteroatoms. The lowest BCUT2D eigenvalue weighted by molar-refractivity contribution is -0.384. The molecule has 4 rings (SSSR count). The predicted molar refractivity (Wildman–Crippen MR) is 120 cm³/mol. The number of hydrogen-bond acceptors (Lipinski definition) is 6. The molecular formula is C23H24N4O4. The molecule has 1 aliphatic rings. The largest absolute Gasteiger partial charge is 0.481 e. The maximum Gasteiger partial charge on any atom is 0.271 e. The molecule has 160 valence electrons. The molecule has 1 saturated heterocycles. The summed E-state index contributed by atoms with van der Waals surface area (Å²) in [7, 11) is 0. The zero-order valence-electron chi connectivity index (χ0n) is 17.3. The van der Waals surface area contributed by atoms with Gasteiger partial charge in [-0.25, -0.2) is 4.98 Å². The standard InChI is InChI=1S/C23H24N4O4/c1-16-5-4-12-26(14-16)21-11-10-17-6-2-9-20(23(17)25-21)31-15-22(28)24-18-7-3-8-19(13-18)27(29)30/h2-3,6-11,13,16H,4-5,12,14-15H2,1H3,(H,24,28). The van der Waals surface area contributed by atoms with Gasteiger partial charge in [0.2, 0.25) is 0 Å². The number of amides is 1. The first-order valence-corrected chi connectivity index (χ1v) is 10.3. The summed E-state index contributed by atoms with van der Waals surface area (Å²) in [6, 6.07) is 15.5. The highest BCUT2D eigenvalue weighted by Crippen LogP contribution is 2.28. The molecule has 1 aromatic heterocycles. The number of benzene rings is 2. The summed E-state index contributed by atoms with van der Waals surface area (Å²) in [6.45, 7) is 3.99. The Kier molecular flexibility index (Phi) is 5.97. The Bertz CT molecular complexity index is 1120. The molecule has 0 aliphatic carbocycles. The summed E-state index contributed by atoms with van der Waals surface area (Å²) in [4.78, 5) is 29.8. The summed E-state index contributed by atoms with van der Waals surface area (Å²) in [5.74, 6) is 1.67. The van der Waals surface area contributed by atoms with Crippen LogP contribution in [0, 0.1) is 16.0 Å². The first kappa shape index (κ1) is 20.6. The molecule has 0 spiro atoms. The van der Waals surface area contributed by atoms with Gasteiger partial charge in [0.05, 0.1) is 4.92 Å². The van der Waals surface area contributed by atoms with Crippen molar-refractivity contribution in [3.63, 3.8) is 0 Å². The van der Waals surface area contributed by atoms with E-state index in [4.69, 9.17) is 9.72 Å². The molecule has 3 aromatic rings. The molecule has 1 aliphatic heterocycles. The Balaban J connectivity index is 1.47. The van der Waals surface area contributed by atoms with Crippen LogP contribution < -0.4 is 15.0 Å². The quantitative estimate of drug-likeness (QED) is 0.469. The Morgan fingerprint density at radius 1 is 1.26 bits per heavy atom. The molecule has 31 heavy (non-hydrogen) atoms. The Hall–Kier alpha value is -3.68. The van der Waals surface area contributed by atoms with E-state index in [2.05, 4.69) is 17.1 Å². The normalized spacial score (nSPS) is 16.2. The highest BCUT2D eigenvalue weighted by atomic mass is 16.6. The average Bonchev–Trinajstić information content (AvgIpc) is 2.77. The maximum atomic E-state index is 12.3. The van der Waals surface area contributed by atoms with Gasteiger partial charge in [-0.15, -0.1) is 0 Å². The monoisotopic (exact) mass is 420 g/mol. The van der Waals surface area contributed by atoms with Gasteiger partial charge in [-0.3, -0.25) is 14.9 Å². The van der Waals surface area contributed by atoms with Crippen molar-refractivity contribution in [2.75, 3.05) is 29.9 Å². The lowest BCUT2D eigenvalue weighted by Gasteiger charge is -2.32. The van der Waals surface area contributed by atoms with Gasteiger partial charge in [0, 0.05) is 36.3 Å². The summed E-state index contributed by atoms with van der Waals surface area (Å²) >= 11 is 0. The van der Waals surface area contributed by atoms with Crippen LogP contribution in [0.5, 0.6) is 5.75 Å². The van der Waals surface area contributed by atoms with E-state index in [-0.39, 0.29) is 12.3 Å². The fourth-order valence-electron chi connectivity index (χ4n) is 3.84. The van der Waals surface area contributed by atoms with Crippen LogP contribution in [-0.2, 0) is 4.79 Å². The van der Waals surface area contributed by atoms with Gasteiger partial charge in [0.25, 0.3) is 11.6 Å². The number of carbonyl (C=O) groups is 1. The van der Waals surface area contributed by atoms with Crippen LogP contribution in [0.25, 0.3) is 10.9 Å². The van der Waals surface area contributed by atoms with Gasteiger partial charge in [0.1, 0.15) is 17.1 Å². The van der Waals surface area contributed by atoms with Gasteiger partial charge in [-0.2, -0.15) is 0 Å². The zero-order chi connectivity index (χ0) is 21.8. The van der Waals surface area contributed by atoms with Crippen molar-refractivity contribution in [1.82, 2.24) is 4.98 Å². The molecule has 2 aromatic carbocycles. The van der Waals surface area contributed by atoms with Gasteiger partial charge < -0.3 is 15.0 Å². The van der Waals surface area contributed by atoms with E-state index in [9.17, 15) is 14.9 Å². The third-order valence-electron chi connectivity index (χ3n) is 5.35. The number of para-hydroxylation sites is 1. The molecule has 0 saturated carbocycles. The molecule has 1 atom stereocenters. The van der Waals surface area contributed by atoms with Crippen LogP contribution in [0.15, 0.2) is 54.6 Å². The molecule has 0 bridgehead atoms. The smallest absolute Gasteiger partial charge is 0.271 e. The van der Waals surface area contributed by atoms with E-state index in [1.807, 2.05) is 24.3 Å². The van der Waals surface area contributed by atoms with Crippen LogP contribution in [0.3, 0.4) is 0 Å². The van der Waals surface area contributed by atoms with Crippen LogP contribution in [-0.4, -0.2) is 35.5 Å². The minimum absolute atomic E-state index is 0.0865.